The summed E-state index contributed by atoms with van der Waals surface area (Å²) in [6.45, 7) is 9.30. The molecule has 0 heterocycles. The minimum atomic E-state index is -0.682. The largest absolute Gasteiger partial charge is 0.494 e. The minimum absolute atomic E-state index is 0.0190. The first-order valence-corrected chi connectivity index (χ1v) is 8.69. The maximum atomic E-state index is 12.9. The summed E-state index contributed by atoms with van der Waals surface area (Å²) in [7, 11) is 0. The van der Waals surface area contributed by atoms with Gasteiger partial charge in [0.05, 0.1) is 6.61 Å². The van der Waals surface area contributed by atoms with Gasteiger partial charge in [0.25, 0.3) is 5.91 Å². The van der Waals surface area contributed by atoms with Crippen molar-refractivity contribution in [1.82, 2.24) is 0 Å². The lowest BCUT2D eigenvalue weighted by Crippen LogP contribution is -2.48. The van der Waals surface area contributed by atoms with Crippen molar-refractivity contribution < 1.29 is 14.3 Å². The third-order valence-electron chi connectivity index (χ3n) is 4.52. The molecule has 4 nitrogen and oxygen atoms in total. The standard InChI is InChI=1S/C19H29NO3/c1-5-22-17-10-9-16(12-15(17)4)20-18(21)19(23-6-2)11-7-8-14(3)13-19/h9-10,12,14H,5-8,11,13H2,1-4H3,(H,20,21)/t14-,19+/m1/s1. The monoisotopic (exact) mass is 319 g/mol. The quantitative estimate of drug-likeness (QED) is 0.849. The molecule has 0 aliphatic heterocycles. The zero-order valence-electron chi connectivity index (χ0n) is 14.8. The van der Waals surface area contributed by atoms with Crippen LogP contribution < -0.4 is 10.1 Å². The second kappa shape index (κ2) is 7.82. The third-order valence-corrected chi connectivity index (χ3v) is 4.52. The van der Waals surface area contributed by atoms with Gasteiger partial charge in [-0.2, -0.15) is 0 Å². The molecule has 1 aliphatic rings. The molecule has 2 rings (SSSR count). The molecule has 1 saturated carbocycles. The molecule has 0 unspecified atom stereocenters. The minimum Gasteiger partial charge on any atom is -0.494 e. The van der Waals surface area contributed by atoms with E-state index in [0.29, 0.717) is 19.1 Å². The molecule has 4 heteroatoms. The third kappa shape index (κ3) is 4.25. The van der Waals surface area contributed by atoms with E-state index in [0.717, 1.165) is 36.3 Å². The molecule has 23 heavy (non-hydrogen) atoms. The van der Waals surface area contributed by atoms with Gasteiger partial charge in [0.2, 0.25) is 0 Å². The highest BCUT2D eigenvalue weighted by Gasteiger charge is 2.42. The van der Waals surface area contributed by atoms with E-state index in [4.69, 9.17) is 9.47 Å². The summed E-state index contributed by atoms with van der Waals surface area (Å²) in [4.78, 5) is 12.9. The van der Waals surface area contributed by atoms with Crippen LogP contribution in [0.1, 0.15) is 52.0 Å². The number of hydrogen-bond acceptors (Lipinski definition) is 3. The Hall–Kier alpha value is -1.55. The molecule has 0 saturated heterocycles. The van der Waals surface area contributed by atoms with Crippen LogP contribution in [0, 0.1) is 12.8 Å². The second-order valence-corrected chi connectivity index (χ2v) is 6.50. The first-order chi connectivity index (χ1) is 11.0. The molecule has 2 atom stereocenters. The molecule has 0 bridgehead atoms. The molecule has 1 amide bonds. The molecule has 1 aromatic rings. The number of rotatable bonds is 6. The highest BCUT2D eigenvalue weighted by atomic mass is 16.5. The van der Waals surface area contributed by atoms with Crippen LogP contribution in [0.2, 0.25) is 0 Å². The van der Waals surface area contributed by atoms with Crippen LogP contribution in [0.25, 0.3) is 0 Å². The second-order valence-electron chi connectivity index (χ2n) is 6.50. The molecule has 1 aromatic carbocycles. The van der Waals surface area contributed by atoms with Crippen molar-refractivity contribution in [2.45, 2.75) is 59.0 Å². The van der Waals surface area contributed by atoms with Gasteiger partial charge in [0.15, 0.2) is 0 Å². The van der Waals surface area contributed by atoms with E-state index in [1.807, 2.05) is 39.0 Å². The molecule has 0 radical (unpaired) electrons. The SMILES string of the molecule is CCOc1ccc(NC(=O)[C@]2(OCC)CCC[C@@H](C)C2)cc1C. The van der Waals surface area contributed by atoms with Crippen molar-refractivity contribution >= 4 is 11.6 Å². The number of anilines is 1. The van der Waals surface area contributed by atoms with Gasteiger partial charge in [-0.25, -0.2) is 0 Å². The van der Waals surface area contributed by atoms with Gasteiger partial charge in [0, 0.05) is 12.3 Å². The number of nitrogens with one attached hydrogen (secondary N) is 1. The van der Waals surface area contributed by atoms with E-state index in [-0.39, 0.29) is 5.91 Å². The molecule has 0 spiro atoms. The van der Waals surface area contributed by atoms with Crippen LogP contribution in [0.5, 0.6) is 5.75 Å². The summed E-state index contributed by atoms with van der Waals surface area (Å²) >= 11 is 0. The molecule has 1 N–H and O–H groups in total. The summed E-state index contributed by atoms with van der Waals surface area (Å²) in [5.74, 6) is 1.36. The Morgan fingerprint density at radius 1 is 1.35 bits per heavy atom. The summed E-state index contributed by atoms with van der Waals surface area (Å²) in [6, 6.07) is 5.75. The number of amides is 1. The Bertz CT molecular complexity index is 539. The van der Waals surface area contributed by atoms with E-state index in [2.05, 4.69) is 12.2 Å². The van der Waals surface area contributed by atoms with E-state index in [9.17, 15) is 4.79 Å². The van der Waals surface area contributed by atoms with Crippen molar-refractivity contribution in [3.63, 3.8) is 0 Å². The Kier molecular flexibility index (Phi) is 6.05. The molecule has 1 fully saturated rings. The fourth-order valence-corrected chi connectivity index (χ4v) is 3.47. The lowest BCUT2D eigenvalue weighted by atomic mass is 9.78. The molecule has 0 aromatic heterocycles. The number of benzene rings is 1. The highest BCUT2D eigenvalue weighted by molar-refractivity contribution is 5.97. The molecule has 1 aliphatic carbocycles. The highest BCUT2D eigenvalue weighted by Crippen LogP contribution is 2.36. The Morgan fingerprint density at radius 3 is 2.74 bits per heavy atom. The zero-order valence-corrected chi connectivity index (χ0v) is 14.8. The number of ether oxygens (including phenoxy) is 2. The Labute approximate surface area is 139 Å². The zero-order chi connectivity index (χ0) is 16.9. The van der Waals surface area contributed by atoms with Crippen LogP contribution in [-0.4, -0.2) is 24.7 Å². The van der Waals surface area contributed by atoms with E-state index < -0.39 is 5.60 Å². The van der Waals surface area contributed by atoms with Gasteiger partial charge in [-0.15, -0.1) is 0 Å². The number of carbonyl (C=O) groups is 1. The maximum absolute atomic E-state index is 12.9. The fraction of sp³-hybridized carbons (Fsp3) is 0.632. The van der Waals surface area contributed by atoms with Gasteiger partial charge < -0.3 is 14.8 Å². The number of aryl methyl sites for hydroxylation is 1. The van der Waals surface area contributed by atoms with E-state index >= 15 is 0 Å². The van der Waals surface area contributed by atoms with Crippen molar-refractivity contribution in [3.8, 4) is 5.75 Å². The summed E-state index contributed by atoms with van der Waals surface area (Å²) in [5.41, 5.74) is 1.14. The van der Waals surface area contributed by atoms with Crippen LogP contribution >= 0.6 is 0 Å². The predicted octanol–water partition coefficient (Wildman–Crippen LogP) is 4.32. The molecular weight excluding hydrogens is 290 g/mol. The topological polar surface area (TPSA) is 47.6 Å². The van der Waals surface area contributed by atoms with Gasteiger partial charge in [-0.3, -0.25) is 4.79 Å². The van der Waals surface area contributed by atoms with Crippen molar-refractivity contribution in [2.24, 2.45) is 5.92 Å². The number of hydrogen-bond donors (Lipinski definition) is 1. The summed E-state index contributed by atoms with van der Waals surface area (Å²) in [5, 5.41) is 3.05. The first-order valence-electron chi connectivity index (χ1n) is 8.69. The fourth-order valence-electron chi connectivity index (χ4n) is 3.47. The summed E-state index contributed by atoms with van der Waals surface area (Å²) < 4.78 is 11.5. The normalized spacial score (nSPS) is 24.3. The Balaban J connectivity index is 2.13. The average molecular weight is 319 g/mol. The van der Waals surface area contributed by atoms with Crippen LogP contribution in [0.4, 0.5) is 5.69 Å². The van der Waals surface area contributed by atoms with E-state index in [1.165, 1.54) is 6.42 Å². The van der Waals surface area contributed by atoms with Gasteiger partial charge in [-0.1, -0.05) is 13.3 Å². The van der Waals surface area contributed by atoms with Crippen LogP contribution in [0.15, 0.2) is 18.2 Å². The molecular formula is C19H29NO3. The predicted molar refractivity (Wildman–Crippen MR) is 93.0 cm³/mol. The van der Waals surface area contributed by atoms with Crippen molar-refractivity contribution in [1.29, 1.82) is 0 Å². The Morgan fingerprint density at radius 2 is 2.13 bits per heavy atom. The van der Waals surface area contributed by atoms with Gasteiger partial charge >= 0.3 is 0 Å². The van der Waals surface area contributed by atoms with Crippen molar-refractivity contribution in [3.05, 3.63) is 23.8 Å². The van der Waals surface area contributed by atoms with E-state index in [1.54, 1.807) is 0 Å². The lowest BCUT2D eigenvalue weighted by molar-refractivity contribution is -0.147. The molecule has 128 valence electrons. The number of carbonyl (C=O) groups excluding carboxylic acids is 1. The average Bonchev–Trinajstić information content (AvgIpc) is 2.50. The van der Waals surface area contributed by atoms with Crippen molar-refractivity contribution in [2.75, 3.05) is 18.5 Å². The van der Waals surface area contributed by atoms with Crippen LogP contribution in [-0.2, 0) is 9.53 Å². The maximum Gasteiger partial charge on any atom is 0.256 e. The summed E-state index contributed by atoms with van der Waals surface area (Å²) in [6.07, 6.45) is 3.80. The smallest absolute Gasteiger partial charge is 0.256 e. The van der Waals surface area contributed by atoms with Gasteiger partial charge in [0.1, 0.15) is 11.4 Å². The van der Waals surface area contributed by atoms with Gasteiger partial charge in [-0.05, 0) is 69.7 Å². The van der Waals surface area contributed by atoms with Crippen LogP contribution in [0.3, 0.4) is 0 Å². The first kappa shape index (κ1) is 17.8. The lowest BCUT2D eigenvalue weighted by Gasteiger charge is -2.38.